The molecular weight excluding hydrogens is 523 g/mol. The van der Waals surface area contributed by atoms with Gasteiger partial charge in [-0.25, -0.2) is 0 Å². The Bertz CT molecular complexity index is 1390. The number of amides is 1. The quantitative estimate of drug-likeness (QED) is 0.337. The number of para-hydroxylation sites is 2. The number of hydrogen-bond acceptors (Lipinski definition) is 5. The van der Waals surface area contributed by atoms with Gasteiger partial charge in [-0.15, -0.1) is 0 Å². The van der Waals surface area contributed by atoms with Gasteiger partial charge < -0.3 is 14.7 Å². The van der Waals surface area contributed by atoms with Gasteiger partial charge in [0, 0.05) is 53.8 Å². The van der Waals surface area contributed by atoms with Gasteiger partial charge in [-0.05, 0) is 50.2 Å². The average molecular weight is 548 g/mol. The van der Waals surface area contributed by atoms with Crippen molar-refractivity contribution in [2.45, 2.75) is 20.0 Å². The zero-order chi connectivity index (χ0) is 28.3. The predicted molar refractivity (Wildman–Crippen MR) is 139 cm³/mol. The van der Waals surface area contributed by atoms with Crippen LogP contribution in [0.25, 0.3) is 11.1 Å². The van der Waals surface area contributed by atoms with E-state index in [0.717, 1.165) is 12.3 Å². The van der Waals surface area contributed by atoms with Gasteiger partial charge in [-0.2, -0.15) is 13.2 Å². The first-order valence-corrected chi connectivity index (χ1v) is 11.7. The van der Waals surface area contributed by atoms with E-state index in [1.54, 1.807) is 24.3 Å². The first-order valence-electron chi connectivity index (χ1n) is 11.3. The molecule has 1 aromatic heterocycles. The number of ether oxygens (including phenoxy) is 1. The van der Waals surface area contributed by atoms with Gasteiger partial charge in [0.25, 0.3) is 5.91 Å². The molecule has 0 fully saturated rings. The van der Waals surface area contributed by atoms with Crippen molar-refractivity contribution in [1.82, 2.24) is 4.98 Å². The highest BCUT2D eigenvalue weighted by Crippen LogP contribution is 2.35. The largest absolute Gasteiger partial charge is 0.490 e. The number of carbonyl (C=O) groups is 2. The van der Waals surface area contributed by atoms with Crippen molar-refractivity contribution in [2.75, 3.05) is 25.6 Å². The third-order valence-corrected chi connectivity index (χ3v) is 6.03. The van der Waals surface area contributed by atoms with Crippen LogP contribution in [0.2, 0.25) is 5.02 Å². The molecule has 2 aromatic carbocycles. The number of aliphatic imine (C=N–C) groups is 1. The number of carboxylic acids is 1. The molecule has 11 heteroatoms. The molecule has 0 aliphatic heterocycles. The molecule has 0 saturated carbocycles. The fraction of sp³-hybridized carbons (Fsp3) is 0.259. The van der Waals surface area contributed by atoms with Crippen LogP contribution in [0.4, 0.5) is 18.9 Å². The second kappa shape index (κ2) is 11.2. The Balaban J connectivity index is 1.98. The van der Waals surface area contributed by atoms with E-state index in [2.05, 4.69) is 9.98 Å². The van der Waals surface area contributed by atoms with E-state index >= 15 is 0 Å². The molecule has 3 aromatic rings. The number of carboxylic acid groups (broad SMARTS) is 1. The molecule has 38 heavy (non-hydrogen) atoms. The van der Waals surface area contributed by atoms with Gasteiger partial charge in [0.15, 0.2) is 0 Å². The number of halogens is 4. The van der Waals surface area contributed by atoms with E-state index in [0.29, 0.717) is 17.0 Å². The highest BCUT2D eigenvalue weighted by Gasteiger charge is 2.33. The molecule has 0 bridgehead atoms. The summed E-state index contributed by atoms with van der Waals surface area (Å²) in [5, 5.41) is 9.57. The van der Waals surface area contributed by atoms with Crippen LogP contribution >= 0.6 is 11.6 Å². The summed E-state index contributed by atoms with van der Waals surface area (Å²) in [4.78, 5) is 33.6. The smallest absolute Gasteiger partial charge is 0.433 e. The van der Waals surface area contributed by atoms with Gasteiger partial charge in [0.2, 0.25) is 0 Å². The summed E-state index contributed by atoms with van der Waals surface area (Å²) < 4.78 is 45.4. The molecule has 0 saturated heterocycles. The second-order valence-corrected chi connectivity index (χ2v) is 9.45. The molecule has 1 heterocycles. The fourth-order valence-corrected chi connectivity index (χ4v) is 3.66. The van der Waals surface area contributed by atoms with E-state index in [1.165, 1.54) is 57.3 Å². The van der Waals surface area contributed by atoms with Gasteiger partial charge in [-0.3, -0.25) is 19.6 Å². The molecule has 1 amide bonds. The molecule has 7 nitrogen and oxygen atoms in total. The Morgan fingerprint density at radius 1 is 1.13 bits per heavy atom. The highest BCUT2D eigenvalue weighted by atomic mass is 35.5. The lowest BCUT2D eigenvalue weighted by Gasteiger charge is -2.24. The molecule has 0 spiro atoms. The highest BCUT2D eigenvalue weighted by molar-refractivity contribution is 6.33. The van der Waals surface area contributed by atoms with E-state index in [-0.39, 0.29) is 28.3 Å². The van der Waals surface area contributed by atoms with E-state index in [4.69, 9.17) is 16.3 Å². The van der Waals surface area contributed by atoms with Crippen LogP contribution in [0.1, 0.15) is 35.5 Å². The molecule has 1 N–H and O–H groups in total. The number of benzene rings is 2. The van der Waals surface area contributed by atoms with Crippen LogP contribution < -0.4 is 9.64 Å². The van der Waals surface area contributed by atoms with Crippen molar-refractivity contribution < 1.29 is 32.6 Å². The summed E-state index contributed by atoms with van der Waals surface area (Å²) in [6.45, 7) is 2.92. The molecule has 0 atom stereocenters. The minimum absolute atomic E-state index is 0.130. The Hall–Kier alpha value is -3.92. The van der Waals surface area contributed by atoms with Gasteiger partial charge >= 0.3 is 12.1 Å². The first-order chi connectivity index (χ1) is 17.8. The fourth-order valence-electron chi connectivity index (χ4n) is 3.44. The standard InChI is InChI=1S/C27H25ClF3N3O4/c1-26(2,25(36)37)15-38-22-8-6-5-7-21(22)34(4)24(35)16-9-10-20(28)18(11-16)19-14-33-23(27(29,30)31)12-17(19)13-32-3/h5-14H,15H2,1-4H3,(H,36,37)/b32-13-. The number of rotatable bonds is 8. The normalized spacial score (nSPS) is 12.0. The third-order valence-electron chi connectivity index (χ3n) is 5.70. The van der Waals surface area contributed by atoms with Crippen LogP contribution in [0.5, 0.6) is 5.75 Å². The van der Waals surface area contributed by atoms with Gasteiger partial charge in [-0.1, -0.05) is 23.7 Å². The van der Waals surface area contributed by atoms with E-state index in [9.17, 15) is 27.9 Å². The summed E-state index contributed by atoms with van der Waals surface area (Å²) in [6, 6.07) is 12.0. The number of nitrogens with zero attached hydrogens (tertiary/aromatic N) is 3. The molecule has 0 unspecified atom stereocenters. The maximum absolute atomic E-state index is 13.4. The zero-order valence-corrected chi connectivity index (χ0v) is 21.8. The number of hydrogen-bond donors (Lipinski definition) is 1. The predicted octanol–water partition coefficient (Wildman–Crippen LogP) is 6.24. The van der Waals surface area contributed by atoms with Crippen molar-refractivity contribution >= 4 is 35.4 Å². The summed E-state index contributed by atoms with van der Waals surface area (Å²) in [7, 11) is 2.95. The van der Waals surface area contributed by atoms with E-state index < -0.39 is 29.2 Å². The maximum Gasteiger partial charge on any atom is 0.433 e. The van der Waals surface area contributed by atoms with Crippen LogP contribution in [0.3, 0.4) is 0 Å². The lowest BCUT2D eigenvalue weighted by atomic mass is 9.95. The van der Waals surface area contributed by atoms with Crippen molar-refractivity contribution in [3.63, 3.8) is 0 Å². The monoisotopic (exact) mass is 547 g/mol. The number of aliphatic carboxylic acids is 1. The van der Waals surface area contributed by atoms with Crippen molar-refractivity contribution in [3.05, 3.63) is 76.6 Å². The number of alkyl halides is 3. The Morgan fingerprint density at radius 2 is 1.82 bits per heavy atom. The summed E-state index contributed by atoms with van der Waals surface area (Å²) in [5.74, 6) is -1.18. The minimum atomic E-state index is -4.64. The lowest BCUT2D eigenvalue weighted by Crippen LogP contribution is -2.31. The number of anilines is 1. The van der Waals surface area contributed by atoms with Crippen molar-refractivity contribution in [2.24, 2.45) is 10.4 Å². The number of pyridine rings is 1. The van der Waals surface area contributed by atoms with Crippen molar-refractivity contribution in [1.29, 1.82) is 0 Å². The summed E-state index contributed by atoms with van der Waals surface area (Å²) >= 11 is 6.38. The van der Waals surface area contributed by atoms with Crippen LogP contribution in [-0.4, -0.2) is 48.9 Å². The molecule has 0 aliphatic carbocycles. The van der Waals surface area contributed by atoms with Crippen LogP contribution in [-0.2, 0) is 11.0 Å². The van der Waals surface area contributed by atoms with Crippen molar-refractivity contribution in [3.8, 4) is 16.9 Å². The molecule has 0 radical (unpaired) electrons. The second-order valence-electron chi connectivity index (χ2n) is 9.05. The third kappa shape index (κ3) is 6.31. The average Bonchev–Trinajstić information content (AvgIpc) is 2.87. The molecule has 200 valence electrons. The molecule has 3 rings (SSSR count). The Kier molecular flexibility index (Phi) is 8.46. The molecular formula is C27H25ClF3N3O4. The first kappa shape index (κ1) is 28.6. The van der Waals surface area contributed by atoms with Crippen LogP contribution in [0.15, 0.2) is 59.7 Å². The Labute approximate surface area is 222 Å². The number of aromatic nitrogens is 1. The van der Waals surface area contributed by atoms with Crippen LogP contribution in [0, 0.1) is 5.41 Å². The van der Waals surface area contributed by atoms with Gasteiger partial charge in [0.1, 0.15) is 18.1 Å². The van der Waals surface area contributed by atoms with Gasteiger partial charge in [0.05, 0.1) is 11.1 Å². The zero-order valence-electron chi connectivity index (χ0n) is 21.0. The lowest BCUT2D eigenvalue weighted by molar-refractivity contribution is -0.148. The maximum atomic E-state index is 13.4. The molecule has 0 aliphatic rings. The SMILES string of the molecule is C/N=C\c1cc(C(F)(F)F)ncc1-c1cc(C(=O)N(C)c2ccccc2OCC(C)(C)C(=O)O)ccc1Cl. The summed E-state index contributed by atoms with van der Waals surface area (Å²) in [6.07, 6.45) is -2.34. The summed E-state index contributed by atoms with van der Waals surface area (Å²) in [5.41, 5.74) is -0.940. The van der Waals surface area contributed by atoms with E-state index in [1.807, 2.05) is 0 Å². The Morgan fingerprint density at radius 3 is 2.45 bits per heavy atom. The minimum Gasteiger partial charge on any atom is -0.490 e. The number of carbonyl (C=O) groups excluding carboxylic acids is 1. The topological polar surface area (TPSA) is 92.1 Å².